The fourth-order valence-corrected chi connectivity index (χ4v) is 0.799. The van der Waals surface area contributed by atoms with Crippen molar-refractivity contribution >= 4 is 55.6 Å². The zero-order valence-corrected chi connectivity index (χ0v) is 12.7. The number of ether oxygens (including phenoxy) is 1. The number of esters is 1. The Morgan fingerprint density at radius 1 is 1.06 bits per heavy atom. The molecular formula is C11H16CaO6. The Labute approximate surface area is 136 Å². The minimum Gasteiger partial charge on any atom is -0.550 e. The smallest absolute Gasteiger partial charge is 0.550 e. The van der Waals surface area contributed by atoms with E-state index in [-0.39, 0.29) is 50.6 Å². The third kappa shape index (κ3) is 24.6. The third-order valence-corrected chi connectivity index (χ3v) is 1.63. The molecule has 0 aromatic rings. The monoisotopic (exact) mass is 284 g/mol. The van der Waals surface area contributed by atoms with Crippen molar-refractivity contribution in [3.05, 3.63) is 12.7 Å². The average molecular weight is 284 g/mol. The standard InChI is InChI=1S/C7H12O4.C4H6O2.Ca/c8-6(9)4-2-1-3-5-7(10)11;1-3-4(5)6-2;/h1-5H2,(H,8,9)(H,10,11);3H,1H2,2H3;/q;;+2/p-2. The largest absolute Gasteiger partial charge is 2.00 e. The molecule has 0 fully saturated rings. The van der Waals surface area contributed by atoms with E-state index in [1.807, 2.05) is 0 Å². The van der Waals surface area contributed by atoms with Crippen LogP contribution < -0.4 is 10.2 Å². The topological polar surface area (TPSA) is 107 Å². The van der Waals surface area contributed by atoms with Crippen molar-refractivity contribution in [3.63, 3.8) is 0 Å². The molecule has 0 radical (unpaired) electrons. The Kier molecular flexibility index (Phi) is 20.6. The first-order valence-corrected chi connectivity index (χ1v) is 5.04. The molecule has 18 heavy (non-hydrogen) atoms. The summed E-state index contributed by atoms with van der Waals surface area (Å²) in [5.74, 6) is -2.56. The molecule has 0 spiro atoms. The van der Waals surface area contributed by atoms with Gasteiger partial charge in [0, 0.05) is 18.0 Å². The first-order valence-electron chi connectivity index (χ1n) is 5.04. The van der Waals surface area contributed by atoms with Gasteiger partial charge < -0.3 is 24.5 Å². The molecule has 0 N–H and O–H groups in total. The van der Waals surface area contributed by atoms with E-state index < -0.39 is 17.9 Å². The molecule has 0 amide bonds. The van der Waals surface area contributed by atoms with Gasteiger partial charge in [-0.25, -0.2) is 4.79 Å². The molecule has 0 aliphatic carbocycles. The fourth-order valence-electron chi connectivity index (χ4n) is 0.799. The number of aliphatic carboxylic acids is 2. The minimum atomic E-state index is -1.08. The quantitative estimate of drug-likeness (QED) is 0.241. The maximum Gasteiger partial charge on any atom is 2.00 e. The number of rotatable bonds is 7. The molecule has 0 aromatic heterocycles. The van der Waals surface area contributed by atoms with E-state index in [0.29, 0.717) is 19.3 Å². The van der Waals surface area contributed by atoms with Crippen LogP contribution in [0.25, 0.3) is 0 Å². The Bertz CT molecular complexity index is 248. The van der Waals surface area contributed by atoms with Crippen LogP contribution in [0.15, 0.2) is 12.7 Å². The molecule has 0 saturated carbocycles. The molecular weight excluding hydrogens is 268 g/mol. The van der Waals surface area contributed by atoms with E-state index in [1.165, 1.54) is 7.11 Å². The van der Waals surface area contributed by atoms with Crippen molar-refractivity contribution in [1.29, 1.82) is 0 Å². The first-order chi connectivity index (χ1) is 7.93. The van der Waals surface area contributed by atoms with Crippen LogP contribution in [0.5, 0.6) is 0 Å². The van der Waals surface area contributed by atoms with Crippen molar-refractivity contribution < 1.29 is 29.3 Å². The third-order valence-electron chi connectivity index (χ3n) is 1.63. The van der Waals surface area contributed by atoms with Crippen molar-refractivity contribution in [2.45, 2.75) is 32.1 Å². The fraction of sp³-hybridized carbons (Fsp3) is 0.545. The van der Waals surface area contributed by atoms with Crippen molar-refractivity contribution in [2.24, 2.45) is 0 Å². The summed E-state index contributed by atoms with van der Waals surface area (Å²) >= 11 is 0. The van der Waals surface area contributed by atoms with Gasteiger partial charge in [0.25, 0.3) is 0 Å². The minimum absolute atomic E-state index is 0. The summed E-state index contributed by atoms with van der Waals surface area (Å²) < 4.78 is 4.14. The average Bonchev–Trinajstić information content (AvgIpc) is 2.27. The zero-order valence-electron chi connectivity index (χ0n) is 10.5. The second-order valence-electron chi connectivity index (χ2n) is 3.03. The summed E-state index contributed by atoms with van der Waals surface area (Å²) in [7, 11) is 1.31. The summed E-state index contributed by atoms with van der Waals surface area (Å²) in [4.78, 5) is 29.6. The summed E-state index contributed by atoms with van der Waals surface area (Å²) in [6.07, 6.45) is 2.69. The molecule has 0 aromatic carbocycles. The van der Waals surface area contributed by atoms with Crippen LogP contribution in [-0.4, -0.2) is 62.8 Å². The number of carboxylic acids is 2. The predicted molar refractivity (Wildman–Crippen MR) is 61.1 cm³/mol. The van der Waals surface area contributed by atoms with Crippen molar-refractivity contribution in [2.75, 3.05) is 7.11 Å². The van der Waals surface area contributed by atoms with Gasteiger partial charge in [0.05, 0.1) is 7.11 Å². The normalized spacial score (nSPS) is 8.06. The van der Waals surface area contributed by atoms with Crippen LogP contribution in [-0.2, 0) is 19.1 Å². The van der Waals surface area contributed by atoms with Crippen LogP contribution in [0, 0.1) is 0 Å². The first kappa shape index (κ1) is 22.6. The molecule has 0 saturated heterocycles. The second-order valence-corrected chi connectivity index (χ2v) is 3.03. The Balaban J connectivity index is -0.000000277. The predicted octanol–water partition coefficient (Wildman–Crippen LogP) is -1.60. The van der Waals surface area contributed by atoms with Gasteiger partial charge >= 0.3 is 43.7 Å². The van der Waals surface area contributed by atoms with Crippen molar-refractivity contribution in [3.8, 4) is 0 Å². The Hall–Kier alpha value is -0.590. The number of carbonyl (C=O) groups excluding carboxylic acids is 3. The molecule has 98 valence electrons. The molecule has 0 aliphatic rings. The van der Waals surface area contributed by atoms with Crippen LogP contribution in [0.1, 0.15) is 32.1 Å². The van der Waals surface area contributed by atoms with E-state index >= 15 is 0 Å². The number of methoxy groups -OCH3 is 1. The molecule has 0 atom stereocenters. The van der Waals surface area contributed by atoms with Crippen molar-refractivity contribution in [1.82, 2.24) is 0 Å². The van der Waals surface area contributed by atoms with E-state index in [9.17, 15) is 24.6 Å². The number of carbonyl (C=O) groups is 3. The maximum absolute atomic E-state index is 9.86. The van der Waals surface area contributed by atoms with Gasteiger partial charge in [0.1, 0.15) is 0 Å². The van der Waals surface area contributed by atoms with Gasteiger partial charge in [0.2, 0.25) is 0 Å². The molecule has 6 nitrogen and oxygen atoms in total. The van der Waals surface area contributed by atoms with Gasteiger partial charge in [-0.05, 0) is 25.7 Å². The SMILES string of the molecule is C=CC(=O)OC.O=C([O-])CCCCCC(=O)[O-].[Ca+2]. The zero-order chi connectivity index (χ0) is 13.7. The summed E-state index contributed by atoms with van der Waals surface area (Å²) in [6.45, 7) is 3.16. The van der Waals surface area contributed by atoms with Crippen LogP contribution in [0.3, 0.4) is 0 Å². The summed E-state index contributed by atoms with van der Waals surface area (Å²) in [6, 6.07) is 0. The van der Waals surface area contributed by atoms with E-state index in [2.05, 4.69) is 11.3 Å². The van der Waals surface area contributed by atoms with Crippen LogP contribution in [0.2, 0.25) is 0 Å². The van der Waals surface area contributed by atoms with Gasteiger partial charge in [-0.15, -0.1) is 0 Å². The number of unbranched alkanes of at least 4 members (excludes halogenated alkanes) is 2. The van der Waals surface area contributed by atoms with Crippen LogP contribution in [0.4, 0.5) is 0 Å². The molecule has 0 heterocycles. The number of hydrogen-bond acceptors (Lipinski definition) is 6. The molecule has 0 bridgehead atoms. The summed E-state index contributed by atoms with van der Waals surface area (Å²) in [5.41, 5.74) is 0. The molecule has 0 unspecified atom stereocenters. The molecule has 0 aliphatic heterocycles. The van der Waals surface area contributed by atoms with Gasteiger partial charge in [-0.3, -0.25) is 0 Å². The van der Waals surface area contributed by atoms with E-state index in [1.54, 1.807) is 0 Å². The second kappa shape index (κ2) is 16.4. The Morgan fingerprint density at radius 3 is 1.61 bits per heavy atom. The number of carboxylic acid groups (broad SMARTS) is 2. The van der Waals surface area contributed by atoms with Gasteiger partial charge in [-0.2, -0.15) is 0 Å². The number of hydrogen-bond donors (Lipinski definition) is 0. The van der Waals surface area contributed by atoms with Gasteiger partial charge in [0.15, 0.2) is 0 Å². The maximum atomic E-state index is 9.86. The summed E-state index contributed by atoms with van der Waals surface area (Å²) in [5, 5.41) is 19.7. The Morgan fingerprint density at radius 2 is 1.44 bits per heavy atom. The van der Waals surface area contributed by atoms with E-state index in [0.717, 1.165) is 6.08 Å². The molecule has 0 rings (SSSR count). The van der Waals surface area contributed by atoms with E-state index in [4.69, 9.17) is 0 Å². The van der Waals surface area contributed by atoms with Gasteiger partial charge in [-0.1, -0.05) is 13.0 Å². The van der Waals surface area contributed by atoms with Crippen LogP contribution >= 0.6 is 0 Å². The molecule has 7 heteroatoms.